The van der Waals surface area contributed by atoms with Crippen molar-refractivity contribution in [1.29, 1.82) is 0 Å². The summed E-state index contributed by atoms with van der Waals surface area (Å²) >= 11 is 3.45. The summed E-state index contributed by atoms with van der Waals surface area (Å²) in [7, 11) is 0. The number of aromatic nitrogens is 1. The number of nitrogens with two attached hydrogens (primary N) is 1. The Morgan fingerprint density at radius 3 is 2.81 bits per heavy atom. The number of nitrogens with zero attached hydrogens (tertiary/aromatic N) is 1. The van der Waals surface area contributed by atoms with Gasteiger partial charge in [0.2, 0.25) is 0 Å². The molecule has 1 aromatic carbocycles. The largest absolute Gasteiger partial charge is 0.382 e. The van der Waals surface area contributed by atoms with E-state index < -0.39 is 0 Å². The molecule has 5 nitrogen and oxygen atoms in total. The van der Waals surface area contributed by atoms with E-state index in [-0.39, 0.29) is 11.7 Å². The number of nitrogen functional groups attached to an aromatic ring is 1. The van der Waals surface area contributed by atoms with Gasteiger partial charge >= 0.3 is 0 Å². The van der Waals surface area contributed by atoms with E-state index in [9.17, 15) is 4.79 Å². The molecule has 2 aromatic rings. The van der Waals surface area contributed by atoms with Crippen LogP contribution in [0.2, 0.25) is 0 Å². The fourth-order valence-electron chi connectivity index (χ4n) is 1.60. The number of carbonyl (C=O) groups excluding carboxylic acids is 1. The van der Waals surface area contributed by atoms with Gasteiger partial charge in [-0.3, -0.25) is 4.79 Å². The Labute approximate surface area is 141 Å². The lowest BCUT2D eigenvalue weighted by Crippen LogP contribution is -2.12. The summed E-state index contributed by atoms with van der Waals surface area (Å²) in [5, 5.41) is 6.72. The van der Waals surface area contributed by atoms with Crippen LogP contribution in [0, 0.1) is 9.49 Å². The first-order valence-corrected chi connectivity index (χ1v) is 8.43. The van der Waals surface area contributed by atoms with Gasteiger partial charge in [0.15, 0.2) is 5.13 Å². The average molecular weight is 416 g/mol. The summed E-state index contributed by atoms with van der Waals surface area (Å²) in [6.45, 7) is 5.01. The predicted octanol–water partition coefficient (Wildman–Crippen LogP) is 3.65. The number of benzene rings is 1. The minimum Gasteiger partial charge on any atom is -0.382 e. The molecule has 0 atom stereocenters. The van der Waals surface area contributed by atoms with Gasteiger partial charge in [-0.2, -0.15) is 0 Å². The monoisotopic (exact) mass is 416 g/mol. The topological polar surface area (TPSA) is 80.0 Å². The van der Waals surface area contributed by atoms with E-state index in [1.807, 2.05) is 24.3 Å². The van der Waals surface area contributed by atoms with Crippen LogP contribution in [0.5, 0.6) is 0 Å². The fraction of sp³-hybridized carbons (Fsp3) is 0.286. The highest BCUT2D eigenvalue weighted by molar-refractivity contribution is 14.1. The van der Waals surface area contributed by atoms with Crippen molar-refractivity contribution in [2.75, 3.05) is 22.9 Å². The number of halogens is 1. The molecule has 112 valence electrons. The molecule has 0 spiro atoms. The molecule has 21 heavy (non-hydrogen) atoms. The summed E-state index contributed by atoms with van der Waals surface area (Å²) in [6.07, 6.45) is 0. The highest BCUT2D eigenvalue weighted by atomic mass is 127. The van der Waals surface area contributed by atoms with Crippen molar-refractivity contribution in [3.05, 3.63) is 32.7 Å². The van der Waals surface area contributed by atoms with Gasteiger partial charge in [0.25, 0.3) is 5.91 Å². The Hall–Kier alpha value is -1.35. The highest BCUT2D eigenvalue weighted by Gasteiger charge is 2.17. The zero-order valence-corrected chi connectivity index (χ0v) is 14.8. The number of hydrogen-bond acceptors (Lipinski definition) is 5. The Morgan fingerprint density at radius 1 is 1.43 bits per heavy atom. The molecule has 1 heterocycles. The van der Waals surface area contributed by atoms with Gasteiger partial charge in [0.05, 0.1) is 5.69 Å². The zero-order chi connectivity index (χ0) is 15.4. The van der Waals surface area contributed by atoms with E-state index in [1.165, 1.54) is 11.3 Å². The number of nitrogens with one attached hydrogen (secondary N) is 2. The molecule has 0 saturated carbocycles. The Morgan fingerprint density at radius 2 is 2.14 bits per heavy atom. The third-order valence-corrected chi connectivity index (χ3v) is 4.61. The van der Waals surface area contributed by atoms with Crippen molar-refractivity contribution in [2.24, 2.45) is 5.92 Å². The van der Waals surface area contributed by atoms with E-state index in [0.717, 1.165) is 15.8 Å². The van der Waals surface area contributed by atoms with E-state index in [2.05, 4.69) is 52.1 Å². The van der Waals surface area contributed by atoms with Crippen molar-refractivity contribution in [3.8, 4) is 0 Å². The van der Waals surface area contributed by atoms with Gasteiger partial charge in [-0.1, -0.05) is 37.3 Å². The minimum absolute atomic E-state index is 0.230. The van der Waals surface area contributed by atoms with Crippen LogP contribution >= 0.6 is 33.9 Å². The van der Waals surface area contributed by atoms with Crippen molar-refractivity contribution in [1.82, 2.24) is 4.98 Å². The van der Waals surface area contributed by atoms with Gasteiger partial charge in [-0.05, 0) is 40.6 Å². The quantitative estimate of drug-likeness (QED) is 0.651. The second kappa shape index (κ2) is 7.08. The normalized spacial score (nSPS) is 10.7. The van der Waals surface area contributed by atoms with E-state index in [0.29, 0.717) is 15.9 Å². The van der Waals surface area contributed by atoms with Crippen molar-refractivity contribution < 1.29 is 4.79 Å². The molecule has 1 aromatic heterocycles. The highest BCUT2D eigenvalue weighted by Crippen LogP contribution is 2.27. The zero-order valence-electron chi connectivity index (χ0n) is 11.8. The fourth-order valence-corrected chi connectivity index (χ4v) is 2.91. The van der Waals surface area contributed by atoms with Crippen molar-refractivity contribution >= 4 is 56.5 Å². The van der Waals surface area contributed by atoms with Crippen LogP contribution in [-0.2, 0) is 0 Å². The number of hydrogen-bond donors (Lipinski definition) is 3. The van der Waals surface area contributed by atoms with E-state index in [4.69, 9.17) is 5.73 Å². The van der Waals surface area contributed by atoms with Crippen LogP contribution < -0.4 is 16.4 Å². The number of anilines is 3. The van der Waals surface area contributed by atoms with Crippen molar-refractivity contribution in [2.45, 2.75) is 13.8 Å². The molecule has 7 heteroatoms. The second-order valence-corrected chi connectivity index (χ2v) is 7.10. The van der Waals surface area contributed by atoms with Crippen molar-refractivity contribution in [3.63, 3.8) is 0 Å². The smallest absolute Gasteiger partial charge is 0.269 e. The molecular formula is C14H17IN4OS. The molecule has 0 saturated heterocycles. The second-order valence-electron chi connectivity index (χ2n) is 4.94. The molecule has 0 aliphatic heterocycles. The third kappa shape index (κ3) is 4.31. The molecule has 0 fully saturated rings. The van der Waals surface area contributed by atoms with E-state index in [1.54, 1.807) is 0 Å². The molecule has 4 N–H and O–H groups in total. The first kappa shape index (κ1) is 16.0. The molecule has 2 rings (SSSR count). The maximum atomic E-state index is 12.3. The molecular weight excluding hydrogens is 399 g/mol. The maximum absolute atomic E-state index is 12.3. The van der Waals surface area contributed by atoms with Gasteiger partial charge in [0, 0.05) is 10.1 Å². The standard InChI is InChI=1S/C14H17IN4OS/c1-8(2)7-17-14-19-12(16)11(21-14)13(20)18-10-6-4-3-5-9(10)15/h3-6,8H,7,16H2,1-2H3,(H,17,19)(H,18,20). The molecule has 0 aliphatic carbocycles. The Balaban J connectivity index is 2.11. The van der Waals surface area contributed by atoms with Crippen LogP contribution in [-0.4, -0.2) is 17.4 Å². The third-order valence-electron chi connectivity index (χ3n) is 2.64. The number of amides is 1. The van der Waals surface area contributed by atoms with Gasteiger partial charge in [-0.15, -0.1) is 0 Å². The summed E-state index contributed by atoms with van der Waals surface area (Å²) in [5.41, 5.74) is 6.61. The number of rotatable bonds is 5. The predicted molar refractivity (Wildman–Crippen MR) is 97.0 cm³/mol. The van der Waals surface area contributed by atoms with Crippen LogP contribution in [0.4, 0.5) is 16.6 Å². The lowest BCUT2D eigenvalue weighted by atomic mass is 10.2. The van der Waals surface area contributed by atoms with Gasteiger partial charge < -0.3 is 16.4 Å². The van der Waals surface area contributed by atoms with Crippen LogP contribution in [0.1, 0.15) is 23.5 Å². The molecule has 0 radical (unpaired) electrons. The first-order valence-electron chi connectivity index (χ1n) is 6.53. The Kier molecular flexibility index (Phi) is 5.40. The van der Waals surface area contributed by atoms with E-state index >= 15 is 0 Å². The Bertz CT molecular complexity index is 642. The van der Waals surface area contributed by atoms with Gasteiger partial charge in [-0.25, -0.2) is 4.98 Å². The molecule has 0 bridgehead atoms. The average Bonchev–Trinajstić information content (AvgIpc) is 2.80. The number of para-hydroxylation sites is 1. The lowest BCUT2D eigenvalue weighted by molar-refractivity contribution is 0.103. The number of carbonyl (C=O) groups is 1. The van der Waals surface area contributed by atoms with Crippen LogP contribution in [0.25, 0.3) is 0 Å². The summed E-state index contributed by atoms with van der Waals surface area (Å²) < 4.78 is 0.977. The van der Waals surface area contributed by atoms with Crippen LogP contribution in [0.3, 0.4) is 0 Å². The molecule has 0 unspecified atom stereocenters. The minimum atomic E-state index is -0.230. The summed E-state index contributed by atoms with van der Waals surface area (Å²) in [6, 6.07) is 7.59. The number of thiazole rings is 1. The maximum Gasteiger partial charge on any atom is 0.269 e. The molecule has 1 amide bonds. The lowest BCUT2D eigenvalue weighted by Gasteiger charge is -2.06. The summed E-state index contributed by atoms with van der Waals surface area (Å²) in [5.74, 6) is 0.528. The summed E-state index contributed by atoms with van der Waals surface area (Å²) in [4.78, 5) is 16.9. The first-order chi connectivity index (χ1) is 9.97. The van der Waals surface area contributed by atoms with Crippen LogP contribution in [0.15, 0.2) is 24.3 Å². The van der Waals surface area contributed by atoms with Gasteiger partial charge in [0.1, 0.15) is 10.7 Å². The SMILES string of the molecule is CC(C)CNc1nc(N)c(C(=O)Nc2ccccc2I)s1. The molecule has 0 aliphatic rings.